The minimum Gasteiger partial charge on any atom is -0.361 e. The summed E-state index contributed by atoms with van der Waals surface area (Å²) >= 11 is 0. The second kappa shape index (κ2) is 6.06. The van der Waals surface area contributed by atoms with Gasteiger partial charge in [0.1, 0.15) is 11.6 Å². The second-order valence-corrected chi connectivity index (χ2v) is 8.69. The number of hydrogen-bond donors (Lipinski definition) is 1. The predicted octanol–water partition coefficient (Wildman–Crippen LogP) is 4.21. The van der Waals surface area contributed by atoms with Crippen molar-refractivity contribution in [2.24, 2.45) is 0 Å². The van der Waals surface area contributed by atoms with Crippen LogP contribution in [0.3, 0.4) is 0 Å². The highest BCUT2D eigenvalue weighted by Crippen LogP contribution is 2.37. The SMILES string of the molecule is Cc1nc2c(-c3ccccc3S(C)(=O)=O)cc(-c3c(C)noc3C)cc2[nH]1. The summed E-state index contributed by atoms with van der Waals surface area (Å²) in [6.07, 6.45) is 1.22. The lowest BCUT2D eigenvalue weighted by Crippen LogP contribution is -2.00. The van der Waals surface area contributed by atoms with Gasteiger partial charge in [-0.3, -0.25) is 0 Å². The molecule has 0 aliphatic carbocycles. The van der Waals surface area contributed by atoms with Crippen LogP contribution in [0.15, 0.2) is 45.8 Å². The molecule has 4 aromatic rings. The summed E-state index contributed by atoms with van der Waals surface area (Å²) in [6.45, 7) is 5.63. The quantitative estimate of drug-likeness (QED) is 0.574. The third kappa shape index (κ3) is 2.94. The van der Waals surface area contributed by atoms with Gasteiger partial charge < -0.3 is 9.51 Å². The van der Waals surface area contributed by atoms with Crippen molar-refractivity contribution in [3.8, 4) is 22.3 Å². The highest BCUT2D eigenvalue weighted by Gasteiger charge is 2.20. The van der Waals surface area contributed by atoms with Crippen LogP contribution in [0.5, 0.6) is 0 Å². The molecule has 0 unspecified atom stereocenters. The summed E-state index contributed by atoms with van der Waals surface area (Å²) in [7, 11) is -3.40. The van der Waals surface area contributed by atoms with E-state index < -0.39 is 9.84 Å². The fourth-order valence-corrected chi connectivity index (χ4v) is 4.40. The first-order chi connectivity index (χ1) is 12.8. The van der Waals surface area contributed by atoms with Gasteiger partial charge in [-0.1, -0.05) is 23.4 Å². The van der Waals surface area contributed by atoms with Gasteiger partial charge in [0.2, 0.25) is 0 Å². The van der Waals surface area contributed by atoms with Crippen LogP contribution >= 0.6 is 0 Å². The number of hydrogen-bond acceptors (Lipinski definition) is 5. The maximum atomic E-state index is 12.3. The Balaban J connectivity index is 2.10. The summed E-state index contributed by atoms with van der Waals surface area (Å²) in [6, 6.07) is 10.9. The topological polar surface area (TPSA) is 88.8 Å². The largest absolute Gasteiger partial charge is 0.361 e. The number of benzene rings is 2. The molecule has 0 spiro atoms. The van der Waals surface area contributed by atoms with Gasteiger partial charge in [-0.05, 0) is 44.5 Å². The van der Waals surface area contributed by atoms with Crippen molar-refractivity contribution < 1.29 is 12.9 Å². The molecule has 2 aromatic heterocycles. The van der Waals surface area contributed by atoms with Crippen LogP contribution < -0.4 is 0 Å². The van der Waals surface area contributed by atoms with Crippen LogP contribution in [0.1, 0.15) is 17.3 Å². The normalized spacial score (nSPS) is 12.0. The maximum Gasteiger partial charge on any atom is 0.176 e. The van der Waals surface area contributed by atoms with Crippen LogP contribution in [0.2, 0.25) is 0 Å². The molecule has 2 aromatic carbocycles. The van der Waals surface area contributed by atoms with Gasteiger partial charge in [0.25, 0.3) is 0 Å². The zero-order valence-corrected chi connectivity index (χ0v) is 16.3. The Morgan fingerprint density at radius 2 is 1.78 bits per heavy atom. The fraction of sp³-hybridized carbons (Fsp3) is 0.200. The second-order valence-electron chi connectivity index (χ2n) is 6.71. The highest BCUT2D eigenvalue weighted by atomic mass is 32.2. The minimum absolute atomic E-state index is 0.280. The number of H-pyrrole nitrogens is 1. The van der Waals surface area contributed by atoms with Crippen molar-refractivity contribution in [2.75, 3.05) is 6.26 Å². The molecule has 4 rings (SSSR count). The molecular weight excluding hydrogens is 362 g/mol. The number of sulfone groups is 1. The van der Waals surface area contributed by atoms with Gasteiger partial charge in [0.15, 0.2) is 9.84 Å². The van der Waals surface area contributed by atoms with Crippen LogP contribution in [0, 0.1) is 20.8 Å². The molecule has 7 heteroatoms. The molecule has 0 bridgehead atoms. The van der Waals surface area contributed by atoms with Crippen LogP contribution in [0.25, 0.3) is 33.3 Å². The van der Waals surface area contributed by atoms with E-state index in [0.29, 0.717) is 11.3 Å². The molecule has 0 fully saturated rings. The molecule has 0 aliphatic heterocycles. The van der Waals surface area contributed by atoms with E-state index in [-0.39, 0.29) is 4.90 Å². The van der Waals surface area contributed by atoms with Gasteiger partial charge in [-0.2, -0.15) is 0 Å². The molecular formula is C20H19N3O3S. The van der Waals surface area contributed by atoms with E-state index in [1.54, 1.807) is 12.1 Å². The van der Waals surface area contributed by atoms with Gasteiger partial charge in [0.05, 0.1) is 21.6 Å². The van der Waals surface area contributed by atoms with Crippen molar-refractivity contribution in [3.63, 3.8) is 0 Å². The lowest BCUT2D eigenvalue weighted by molar-refractivity contribution is 0.393. The molecule has 1 N–H and O–H groups in total. The van der Waals surface area contributed by atoms with Crippen molar-refractivity contribution in [3.05, 3.63) is 53.7 Å². The Bertz CT molecular complexity index is 1260. The summed E-state index contributed by atoms with van der Waals surface area (Å²) in [5.41, 5.74) is 5.55. The minimum atomic E-state index is -3.40. The highest BCUT2D eigenvalue weighted by molar-refractivity contribution is 7.90. The van der Waals surface area contributed by atoms with Crippen LogP contribution in [-0.2, 0) is 9.84 Å². The van der Waals surface area contributed by atoms with Gasteiger partial charge in [0, 0.05) is 22.9 Å². The predicted molar refractivity (Wildman–Crippen MR) is 104 cm³/mol. The maximum absolute atomic E-state index is 12.3. The van der Waals surface area contributed by atoms with E-state index in [1.165, 1.54) is 6.26 Å². The monoisotopic (exact) mass is 381 g/mol. The lowest BCUT2D eigenvalue weighted by atomic mass is 9.96. The molecule has 2 heterocycles. The molecule has 0 saturated heterocycles. The molecule has 0 saturated carbocycles. The number of nitrogens with one attached hydrogen (secondary N) is 1. The summed E-state index contributed by atoms with van der Waals surface area (Å²) in [4.78, 5) is 8.13. The van der Waals surface area contributed by atoms with E-state index in [1.807, 2.05) is 45.0 Å². The third-order valence-corrected chi connectivity index (χ3v) is 5.76. The third-order valence-electron chi connectivity index (χ3n) is 4.60. The zero-order valence-electron chi connectivity index (χ0n) is 15.5. The van der Waals surface area contributed by atoms with Crippen molar-refractivity contribution in [2.45, 2.75) is 25.7 Å². The number of nitrogens with zero attached hydrogens (tertiary/aromatic N) is 2. The van der Waals surface area contributed by atoms with Crippen LogP contribution in [-0.4, -0.2) is 29.8 Å². The number of imidazole rings is 1. The van der Waals surface area contributed by atoms with Crippen molar-refractivity contribution in [1.82, 2.24) is 15.1 Å². The van der Waals surface area contributed by atoms with Crippen LogP contribution in [0.4, 0.5) is 0 Å². The summed E-state index contributed by atoms with van der Waals surface area (Å²) < 4.78 is 30.0. The van der Waals surface area contributed by atoms with Gasteiger partial charge in [-0.15, -0.1) is 0 Å². The standard InChI is InChI=1S/C20H19N3O3S/c1-11-19(12(2)26-23-11)14-9-16(20-17(10-14)21-13(3)22-20)15-7-5-6-8-18(15)27(4,24)25/h5-10H,1-4H3,(H,21,22). The number of aromatic amines is 1. The van der Waals surface area contributed by atoms with E-state index in [4.69, 9.17) is 4.52 Å². The van der Waals surface area contributed by atoms with Gasteiger partial charge >= 0.3 is 0 Å². The smallest absolute Gasteiger partial charge is 0.176 e. The zero-order chi connectivity index (χ0) is 19.3. The summed E-state index contributed by atoms with van der Waals surface area (Å²) in [5.74, 6) is 1.48. The molecule has 138 valence electrons. The first-order valence-corrected chi connectivity index (χ1v) is 10.4. The van der Waals surface area contributed by atoms with Crippen molar-refractivity contribution >= 4 is 20.9 Å². The Kier molecular flexibility index (Phi) is 3.92. The summed E-state index contributed by atoms with van der Waals surface area (Å²) in [5, 5.41) is 4.04. The molecule has 6 nitrogen and oxygen atoms in total. The van der Waals surface area contributed by atoms with E-state index in [0.717, 1.165) is 39.2 Å². The Labute approximate surface area is 157 Å². The first-order valence-electron chi connectivity index (χ1n) is 8.49. The number of aryl methyl sites for hydroxylation is 3. The Morgan fingerprint density at radius 1 is 1.04 bits per heavy atom. The molecule has 27 heavy (non-hydrogen) atoms. The number of rotatable bonds is 3. The van der Waals surface area contributed by atoms with E-state index in [2.05, 4.69) is 15.1 Å². The lowest BCUT2D eigenvalue weighted by Gasteiger charge is -2.11. The average molecular weight is 381 g/mol. The Morgan fingerprint density at radius 3 is 2.44 bits per heavy atom. The molecule has 0 radical (unpaired) electrons. The first kappa shape index (κ1) is 17.5. The van der Waals surface area contributed by atoms with E-state index >= 15 is 0 Å². The molecule has 0 aliphatic rings. The van der Waals surface area contributed by atoms with Gasteiger partial charge in [-0.25, -0.2) is 13.4 Å². The average Bonchev–Trinajstić information content (AvgIpc) is 3.14. The number of fused-ring (bicyclic) bond motifs is 1. The molecule has 0 atom stereocenters. The Hall–Kier alpha value is -2.93. The molecule has 0 amide bonds. The fourth-order valence-electron chi connectivity index (χ4n) is 3.50. The number of aromatic nitrogens is 3. The van der Waals surface area contributed by atoms with Crippen molar-refractivity contribution in [1.29, 1.82) is 0 Å². The van der Waals surface area contributed by atoms with E-state index in [9.17, 15) is 8.42 Å².